The van der Waals surface area contributed by atoms with Crippen LogP contribution in [0.2, 0.25) is 0 Å². The van der Waals surface area contributed by atoms with Crippen molar-refractivity contribution in [2.45, 2.75) is 12.6 Å². The monoisotopic (exact) mass is 289 g/mol. The van der Waals surface area contributed by atoms with Gasteiger partial charge in [0.25, 0.3) is 0 Å². The molecule has 1 aliphatic rings. The molecular weight excluding hydrogens is 271 g/mol. The van der Waals surface area contributed by atoms with Crippen molar-refractivity contribution in [3.8, 4) is 0 Å². The second kappa shape index (κ2) is 7.81. The first-order valence-corrected chi connectivity index (χ1v) is 5.62. The summed E-state index contributed by atoms with van der Waals surface area (Å²) < 4.78 is 35.9. The van der Waals surface area contributed by atoms with E-state index >= 15 is 0 Å². The summed E-state index contributed by atoms with van der Waals surface area (Å²) in [7, 11) is 1.53. The Bertz CT molecular complexity index is 257. The predicted molar refractivity (Wildman–Crippen MR) is 64.9 cm³/mol. The summed E-state index contributed by atoms with van der Waals surface area (Å²) >= 11 is 0. The smallest absolute Gasteiger partial charge is 0.339 e. The number of nitrogens with zero attached hydrogens (tertiary/aromatic N) is 2. The quantitative estimate of drug-likeness (QED) is 0.829. The molecule has 18 heavy (non-hydrogen) atoms. The number of carbonyl (C=O) groups is 1. The molecule has 1 heterocycles. The fourth-order valence-electron chi connectivity index (χ4n) is 1.64. The lowest BCUT2D eigenvalue weighted by molar-refractivity contribution is -0.141. The molecule has 0 aromatic rings. The first-order valence-electron chi connectivity index (χ1n) is 5.62. The van der Waals surface area contributed by atoms with Gasteiger partial charge in [0.05, 0.1) is 13.0 Å². The van der Waals surface area contributed by atoms with E-state index in [9.17, 15) is 18.0 Å². The van der Waals surface area contributed by atoms with Gasteiger partial charge in [-0.15, -0.1) is 12.4 Å². The van der Waals surface area contributed by atoms with E-state index in [1.54, 1.807) is 4.90 Å². The van der Waals surface area contributed by atoms with Gasteiger partial charge >= 0.3 is 6.18 Å². The highest BCUT2D eigenvalue weighted by molar-refractivity contribution is 5.85. The summed E-state index contributed by atoms with van der Waals surface area (Å²) in [4.78, 5) is 14.8. The number of alkyl halides is 3. The van der Waals surface area contributed by atoms with Gasteiger partial charge in [-0.2, -0.15) is 13.2 Å². The van der Waals surface area contributed by atoms with Gasteiger partial charge in [-0.25, -0.2) is 0 Å². The van der Waals surface area contributed by atoms with Crippen molar-refractivity contribution in [3.63, 3.8) is 0 Å². The van der Waals surface area contributed by atoms with E-state index in [1.807, 2.05) is 0 Å². The second-order valence-corrected chi connectivity index (χ2v) is 4.23. The van der Waals surface area contributed by atoms with Crippen LogP contribution in [-0.4, -0.2) is 68.2 Å². The molecular formula is C10H19ClF3N3O. The molecule has 0 saturated carbocycles. The number of hydrogen-bond donors (Lipinski definition) is 1. The SMILES string of the molecule is CN(CCC(F)(F)F)CC(=O)N1CCNCC1.Cl. The first-order chi connectivity index (χ1) is 7.88. The summed E-state index contributed by atoms with van der Waals surface area (Å²) in [5, 5.41) is 3.11. The maximum Gasteiger partial charge on any atom is 0.390 e. The molecule has 0 radical (unpaired) electrons. The Morgan fingerprint density at radius 1 is 1.33 bits per heavy atom. The molecule has 0 unspecified atom stereocenters. The van der Waals surface area contributed by atoms with Crippen LogP contribution in [0, 0.1) is 0 Å². The Balaban J connectivity index is 0.00000289. The number of likely N-dealkylation sites (N-methyl/N-ethyl adjacent to an activating group) is 1. The Hall–Kier alpha value is -0.530. The molecule has 0 spiro atoms. The van der Waals surface area contributed by atoms with Crippen molar-refractivity contribution in [1.29, 1.82) is 0 Å². The Kier molecular flexibility index (Phi) is 7.58. The van der Waals surface area contributed by atoms with Gasteiger partial charge in [-0.05, 0) is 7.05 Å². The Labute approximate surface area is 111 Å². The summed E-state index contributed by atoms with van der Waals surface area (Å²) in [6.45, 7) is 2.67. The number of piperazine rings is 1. The lowest BCUT2D eigenvalue weighted by atomic mass is 10.3. The molecule has 0 aliphatic carbocycles. The maximum atomic E-state index is 12.0. The third kappa shape index (κ3) is 7.03. The van der Waals surface area contributed by atoms with Gasteiger partial charge < -0.3 is 10.2 Å². The van der Waals surface area contributed by atoms with Crippen molar-refractivity contribution >= 4 is 18.3 Å². The molecule has 0 aromatic carbocycles. The molecule has 8 heteroatoms. The van der Waals surface area contributed by atoms with Crippen LogP contribution in [0.25, 0.3) is 0 Å². The summed E-state index contributed by atoms with van der Waals surface area (Å²) in [6, 6.07) is 0. The van der Waals surface area contributed by atoms with Gasteiger partial charge in [-0.1, -0.05) is 0 Å². The zero-order valence-corrected chi connectivity index (χ0v) is 11.1. The minimum Gasteiger partial charge on any atom is -0.339 e. The molecule has 0 aromatic heterocycles. The van der Waals surface area contributed by atoms with Crippen molar-refractivity contribution in [2.75, 3.05) is 46.3 Å². The number of carbonyl (C=O) groups excluding carboxylic acids is 1. The topological polar surface area (TPSA) is 35.6 Å². The van der Waals surface area contributed by atoms with E-state index in [2.05, 4.69) is 5.32 Å². The van der Waals surface area contributed by atoms with Gasteiger partial charge in [0.15, 0.2) is 0 Å². The third-order valence-corrected chi connectivity index (χ3v) is 2.65. The van der Waals surface area contributed by atoms with E-state index < -0.39 is 12.6 Å². The molecule has 0 atom stereocenters. The number of halogens is 4. The van der Waals surface area contributed by atoms with Crippen molar-refractivity contribution in [1.82, 2.24) is 15.1 Å². The standard InChI is InChI=1S/C10H18F3N3O.ClH/c1-15(5-2-10(11,12)13)8-9(17)16-6-3-14-4-7-16;/h14H,2-8H2,1H3;1H. The van der Waals surface area contributed by atoms with Crippen LogP contribution in [0.15, 0.2) is 0 Å². The molecule has 1 fully saturated rings. The average Bonchev–Trinajstić information content (AvgIpc) is 2.27. The normalized spacial score (nSPS) is 16.6. The molecule has 1 saturated heterocycles. The molecule has 108 valence electrons. The molecule has 1 N–H and O–H groups in total. The van der Waals surface area contributed by atoms with Crippen LogP contribution in [0.4, 0.5) is 13.2 Å². The number of amides is 1. The molecule has 1 amide bonds. The third-order valence-electron chi connectivity index (χ3n) is 2.65. The minimum absolute atomic E-state index is 0. The van der Waals surface area contributed by atoms with Crippen LogP contribution in [0.3, 0.4) is 0 Å². The van der Waals surface area contributed by atoms with E-state index in [1.165, 1.54) is 11.9 Å². The van der Waals surface area contributed by atoms with E-state index in [0.29, 0.717) is 13.1 Å². The lowest BCUT2D eigenvalue weighted by Crippen LogP contribution is -2.49. The van der Waals surface area contributed by atoms with Crippen molar-refractivity contribution in [3.05, 3.63) is 0 Å². The minimum atomic E-state index is -4.16. The van der Waals surface area contributed by atoms with Crippen LogP contribution in [0.5, 0.6) is 0 Å². The highest BCUT2D eigenvalue weighted by Gasteiger charge is 2.27. The largest absolute Gasteiger partial charge is 0.390 e. The van der Waals surface area contributed by atoms with Crippen LogP contribution in [0.1, 0.15) is 6.42 Å². The van der Waals surface area contributed by atoms with Crippen molar-refractivity contribution < 1.29 is 18.0 Å². The molecule has 1 rings (SSSR count). The number of rotatable bonds is 4. The second-order valence-electron chi connectivity index (χ2n) is 4.23. The van der Waals surface area contributed by atoms with E-state index in [4.69, 9.17) is 0 Å². The van der Waals surface area contributed by atoms with Gasteiger partial charge in [0.1, 0.15) is 0 Å². The molecule has 4 nitrogen and oxygen atoms in total. The first kappa shape index (κ1) is 17.5. The average molecular weight is 290 g/mol. The number of nitrogens with one attached hydrogen (secondary N) is 1. The highest BCUT2D eigenvalue weighted by atomic mass is 35.5. The zero-order chi connectivity index (χ0) is 12.9. The van der Waals surface area contributed by atoms with Crippen LogP contribution < -0.4 is 5.32 Å². The maximum absolute atomic E-state index is 12.0. The van der Waals surface area contributed by atoms with Gasteiger partial charge in [0.2, 0.25) is 5.91 Å². The number of hydrogen-bond acceptors (Lipinski definition) is 3. The van der Waals surface area contributed by atoms with E-state index in [0.717, 1.165) is 13.1 Å². The fraction of sp³-hybridized carbons (Fsp3) is 0.900. The summed E-state index contributed by atoms with van der Waals surface area (Å²) in [5.41, 5.74) is 0. The highest BCUT2D eigenvalue weighted by Crippen LogP contribution is 2.19. The summed E-state index contributed by atoms with van der Waals surface area (Å²) in [5.74, 6) is -0.101. The summed E-state index contributed by atoms with van der Waals surface area (Å²) in [6.07, 6.45) is -5.04. The van der Waals surface area contributed by atoms with Crippen LogP contribution in [-0.2, 0) is 4.79 Å². The van der Waals surface area contributed by atoms with Gasteiger partial charge in [0, 0.05) is 32.7 Å². The Morgan fingerprint density at radius 2 is 1.89 bits per heavy atom. The lowest BCUT2D eigenvalue weighted by Gasteiger charge is -2.29. The zero-order valence-electron chi connectivity index (χ0n) is 10.3. The molecule has 0 bridgehead atoms. The predicted octanol–water partition coefficient (Wildman–Crippen LogP) is 0.724. The fourth-order valence-corrected chi connectivity index (χ4v) is 1.64. The van der Waals surface area contributed by atoms with E-state index in [-0.39, 0.29) is 31.4 Å². The van der Waals surface area contributed by atoms with Crippen LogP contribution >= 0.6 is 12.4 Å². The molecule has 1 aliphatic heterocycles. The Morgan fingerprint density at radius 3 is 2.39 bits per heavy atom. The van der Waals surface area contributed by atoms with Crippen molar-refractivity contribution in [2.24, 2.45) is 0 Å². The van der Waals surface area contributed by atoms with Gasteiger partial charge in [-0.3, -0.25) is 9.69 Å².